The number of ether oxygens (including phenoxy) is 1. The molecular weight excluding hydrogens is 295 g/mol. The Kier molecular flexibility index (Phi) is 5.13. The van der Waals surface area contributed by atoms with Gasteiger partial charge in [0.25, 0.3) is 0 Å². The number of urea groups is 1. The van der Waals surface area contributed by atoms with Gasteiger partial charge in [-0.25, -0.2) is 9.18 Å². The van der Waals surface area contributed by atoms with Crippen LogP contribution in [0.1, 0.15) is 11.7 Å². The van der Waals surface area contributed by atoms with Crippen LogP contribution in [0.5, 0.6) is 5.75 Å². The molecule has 0 bridgehead atoms. The molecule has 1 atom stereocenters. The first-order chi connectivity index (χ1) is 10.1. The van der Waals surface area contributed by atoms with Gasteiger partial charge < -0.3 is 20.5 Å². The molecule has 3 N–H and O–H groups in total. The second-order valence-corrected chi connectivity index (χ2v) is 5.07. The summed E-state index contributed by atoms with van der Waals surface area (Å²) >= 11 is 1.47. The molecule has 1 heterocycles. The van der Waals surface area contributed by atoms with E-state index in [1.165, 1.54) is 36.6 Å². The number of hydrogen-bond acceptors (Lipinski definition) is 4. The summed E-state index contributed by atoms with van der Waals surface area (Å²) in [5.74, 6) is -0.202. The molecule has 1 aromatic carbocycles. The minimum absolute atomic E-state index is 0.0645. The Morgan fingerprint density at radius 1 is 1.48 bits per heavy atom. The minimum atomic E-state index is -0.774. The lowest BCUT2D eigenvalue weighted by molar-refractivity contribution is 0.175. The van der Waals surface area contributed by atoms with Gasteiger partial charge in [0.15, 0.2) is 0 Å². The number of carbonyl (C=O) groups is 1. The predicted molar refractivity (Wildman–Crippen MR) is 79.3 cm³/mol. The molecule has 0 saturated carbocycles. The number of aliphatic hydroxyl groups is 1. The summed E-state index contributed by atoms with van der Waals surface area (Å²) in [4.78, 5) is 11.7. The zero-order chi connectivity index (χ0) is 15.2. The lowest BCUT2D eigenvalue weighted by atomic mass is 10.2. The van der Waals surface area contributed by atoms with Crippen LogP contribution in [0.2, 0.25) is 0 Å². The third-order valence-corrected chi connectivity index (χ3v) is 3.45. The zero-order valence-corrected chi connectivity index (χ0v) is 12.1. The van der Waals surface area contributed by atoms with Gasteiger partial charge in [-0.15, -0.1) is 0 Å². The van der Waals surface area contributed by atoms with Crippen LogP contribution >= 0.6 is 11.3 Å². The van der Waals surface area contributed by atoms with Gasteiger partial charge in [0, 0.05) is 24.4 Å². The van der Waals surface area contributed by atoms with Crippen molar-refractivity contribution < 1.29 is 19.0 Å². The highest BCUT2D eigenvalue weighted by Gasteiger charge is 2.10. The van der Waals surface area contributed by atoms with Gasteiger partial charge in [0.2, 0.25) is 0 Å². The van der Waals surface area contributed by atoms with Crippen LogP contribution in [0, 0.1) is 5.82 Å². The molecule has 5 nitrogen and oxygen atoms in total. The van der Waals surface area contributed by atoms with Crippen LogP contribution in [-0.2, 0) is 0 Å². The van der Waals surface area contributed by atoms with Crippen LogP contribution in [0.25, 0.3) is 0 Å². The van der Waals surface area contributed by atoms with Crippen LogP contribution < -0.4 is 15.4 Å². The van der Waals surface area contributed by atoms with E-state index in [0.29, 0.717) is 5.75 Å². The number of anilines is 1. The summed E-state index contributed by atoms with van der Waals surface area (Å²) < 4.78 is 18.2. The summed E-state index contributed by atoms with van der Waals surface area (Å²) in [7, 11) is 1.41. The molecule has 21 heavy (non-hydrogen) atoms. The fourth-order valence-electron chi connectivity index (χ4n) is 1.70. The SMILES string of the molecule is COc1cc(F)cc(NC(=O)NCC(O)c2ccsc2)c1. The molecule has 2 amide bonds. The highest BCUT2D eigenvalue weighted by molar-refractivity contribution is 7.07. The van der Waals surface area contributed by atoms with E-state index >= 15 is 0 Å². The van der Waals surface area contributed by atoms with Crippen molar-refractivity contribution in [2.24, 2.45) is 0 Å². The molecule has 0 aliphatic rings. The highest BCUT2D eigenvalue weighted by Crippen LogP contribution is 2.20. The van der Waals surface area contributed by atoms with Gasteiger partial charge in [0.1, 0.15) is 11.6 Å². The Balaban J connectivity index is 1.88. The minimum Gasteiger partial charge on any atom is -0.497 e. The normalized spacial score (nSPS) is 11.8. The van der Waals surface area contributed by atoms with Crippen molar-refractivity contribution in [3.63, 3.8) is 0 Å². The average molecular weight is 310 g/mol. The number of methoxy groups -OCH3 is 1. The van der Waals surface area contributed by atoms with E-state index in [-0.39, 0.29) is 12.2 Å². The molecule has 0 aliphatic heterocycles. The van der Waals surface area contributed by atoms with Gasteiger partial charge in [0.05, 0.1) is 13.2 Å². The molecule has 1 aromatic heterocycles. The lowest BCUT2D eigenvalue weighted by Gasteiger charge is -2.12. The van der Waals surface area contributed by atoms with Gasteiger partial charge in [-0.05, 0) is 28.5 Å². The number of halogens is 1. The number of benzene rings is 1. The second-order valence-electron chi connectivity index (χ2n) is 4.29. The van der Waals surface area contributed by atoms with E-state index in [0.717, 1.165) is 5.56 Å². The molecule has 2 aromatic rings. The zero-order valence-electron chi connectivity index (χ0n) is 11.3. The van der Waals surface area contributed by atoms with E-state index in [1.807, 2.05) is 10.8 Å². The summed E-state index contributed by atoms with van der Waals surface area (Å²) in [6.07, 6.45) is -0.774. The number of rotatable bonds is 5. The Morgan fingerprint density at radius 2 is 2.29 bits per heavy atom. The summed E-state index contributed by atoms with van der Waals surface area (Å²) in [5.41, 5.74) is 1.02. The van der Waals surface area contributed by atoms with Crippen molar-refractivity contribution in [1.82, 2.24) is 5.32 Å². The standard InChI is InChI=1S/C14H15FN2O3S/c1-20-12-5-10(15)4-11(6-12)17-14(19)16-7-13(18)9-2-3-21-8-9/h2-6,8,13,18H,7H2,1H3,(H2,16,17,19). The van der Waals surface area contributed by atoms with Crippen molar-refractivity contribution in [1.29, 1.82) is 0 Å². The third kappa shape index (κ3) is 4.44. The predicted octanol–water partition coefficient (Wildman–Crippen LogP) is 2.75. The van der Waals surface area contributed by atoms with E-state index in [2.05, 4.69) is 10.6 Å². The van der Waals surface area contributed by atoms with Gasteiger partial charge >= 0.3 is 6.03 Å². The summed E-state index contributed by atoms with van der Waals surface area (Å²) in [6, 6.07) is 5.14. The maximum absolute atomic E-state index is 13.3. The molecule has 0 aliphatic carbocycles. The first-order valence-corrected chi connectivity index (χ1v) is 7.12. The average Bonchev–Trinajstić information content (AvgIpc) is 2.98. The van der Waals surface area contributed by atoms with Gasteiger partial charge in [-0.2, -0.15) is 11.3 Å². The Bertz CT molecular complexity index is 604. The molecule has 0 radical (unpaired) electrons. The first kappa shape index (κ1) is 15.3. The summed E-state index contributed by atoms with van der Waals surface area (Å²) in [5, 5.41) is 18.5. The Morgan fingerprint density at radius 3 is 2.95 bits per heavy atom. The number of hydrogen-bond donors (Lipinski definition) is 3. The first-order valence-electron chi connectivity index (χ1n) is 6.18. The van der Waals surface area contributed by atoms with Crippen molar-refractivity contribution >= 4 is 23.1 Å². The second kappa shape index (κ2) is 7.05. The highest BCUT2D eigenvalue weighted by atomic mass is 32.1. The molecule has 2 rings (SSSR count). The van der Waals surface area contributed by atoms with Crippen molar-refractivity contribution in [3.8, 4) is 5.75 Å². The van der Waals surface area contributed by atoms with E-state index < -0.39 is 18.0 Å². The maximum Gasteiger partial charge on any atom is 0.319 e. The molecule has 0 fully saturated rings. The van der Waals surface area contributed by atoms with Crippen LogP contribution in [0.3, 0.4) is 0 Å². The lowest BCUT2D eigenvalue weighted by Crippen LogP contribution is -2.32. The molecule has 1 unspecified atom stereocenters. The number of nitrogens with one attached hydrogen (secondary N) is 2. The Hall–Kier alpha value is -2.12. The molecule has 0 saturated heterocycles. The van der Waals surface area contributed by atoms with E-state index in [4.69, 9.17) is 4.74 Å². The van der Waals surface area contributed by atoms with E-state index in [1.54, 1.807) is 6.07 Å². The van der Waals surface area contributed by atoms with Crippen LogP contribution in [0.4, 0.5) is 14.9 Å². The summed E-state index contributed by atoms with van der Waals surface area (Å²) in [6.45, 7) is 0.0645. The van der Waals surface area contributed by atoms with Crippen LogP contribution in [0.15, 0.2) is 35.0 Å². The molecule has 0 spiro atoms. The smallest absolute Gasteiger partial charge is 0.319 e. The van der Waals surface area contributed by atoms with Gasteiger partial charge in [-0.3, -0.25) is 0 Å². The Labute approximate surface area is 125 Å². The largest absolute Gasteiger partial charge is 0.497 e. The number of aliphatic hydroxyl groups excluding tert-OH is 1. The monoisotopic (exact) mass is 310 g/mol. The fourth-order valence-corrected chi connectivity index (χ4v) is 2.41. The molecule has 112 valence electrons. The van der Waals surface area contributed by atoms with Crippen LogP contribution in [-0.4, -0.2) is 24.8 Å². The number of carbonyl (C=O) groups excluding carboxylic acids is 1. The third-order valence-electron chi connectivity index (χ3n) is 2.75. The van der Waals surface area contributed by atoms with Crippen molar-refractivity contribution in [2.75, 3.05) is 19.0 Å². The quantitative estimate of drug-likeness (QED) is 0.795. The molecule has 7 heteroatoms. The number of thiophene rings is 1. The molecular formula is C14H15FN2O3S. The maximum atomic E-state index is 13.3. The fraction of sp³-hybridized carbons (Fsp3) is 0.214. The van der Waals surface area contributed by atoms with Gasteiger partial charge in [-0.1, -0.05) is 0 Å². The number of amides is 2. The topological polar surface area (TPSA) is 70.6 Å². The van der Waals surface area contributed by atoms with E-state index in [9.17, 15) is 14.3 Å². The van der Waals surface area contributed by atoms with Crippen molar-refractivity contribution in [2.45, 2.75) is 6.10 Å². The van der Waals surface area contributed by atoms with Crippen molar-refractivity contribution in [3.05, 3.63) is 46.4 Å².